The number of rotatable bonds is 6. The van der Waals surface area contributed by atoms with Crippen molar-refractivity contribution in [2.75, 3.05) is 32.8 Å². The Morgan fingerprint density at radius 3 is 2.74 bits per heavy atom. The molecule has 1 fully saturated rings. The van der Waals surface area contributed by atoms with Crippen molar-refractivity contribution in [2.24, 2.45) is 0 Å². The lowest BCUT2D eigenvalue weighted by Crippen LogP contribution is -2.45. The van der Waals surface area contributed by atoms with Crippen molar-refractivity contribution in [2.45, 2.75) is 32.0 Å². The predicted molar refractivity (Wildman–Crippen MR) is 126 cm³/mol. The molecule has 4 heterocycles. The summed E-state index contributed by atoms with van der Waals surface area (Å²) < 4.78 is 32.0. The Kier molecular flexibility index (Phi) is 6.80. The number of fused-ring (bicyclic) bond motifs is 2. The Hall–Kier alpha value is -3.66. The van der Waals surface area contributed by atoms with E-state index in [2.05, 4.69) is 15.2 Å². The van der Waals surface area contributed by atoms with E-state index in [9.17, 15) is 14.0 Å². The molecule has 2 aromatic heterocycles. The number of piperidine rings is 1. The molecular weight excluding hydrogens is 455 g/mol. The van der Waals surface area contributed by atoms with Crippen LogP contribution in [0, 0.1) is 5.82 Å². The highest BCUT2D eigenvalue weighted by Crippen LogP contribution is 2.29. The minimum absolute atomic E-state index is 0.0151. The molecule has 184 valence electrons. The van der Waals surface area contributed by atoms with Crippen LogP contribution in [0.15, 0.2) is 47.4 Å². The van der Waals surface area contributed by atoms with Crippen LogP contribution in [0.4, 0.5) is 9.18 Å². The van der Waals surface area contributed by atoms with Crippen LogP contribution in [0.1, 0.15) is 18.5 Å². The number of alkyl carbamates (subject to hydrolysis) is 1. The summed E-state index contributed by atoms with van der Waals surface area (Å²) in [5.74, 6) is 0.863. The van der Waals surface area contributed by atoms with Crippen LogP contribution in [0.3, 0.4) is 0 Å². The summed E-state index contributed by atoms with van der Waals surface area (Å²) in [7, 11) is 0. The average Bonchev–Trinajstić information content (AvgIpc) is 2.88. The molecule has 1 N–H and O–H groups in total. The van der Waals surface area contributed by atoms with Crippen molar-refractivity contribution in [3.63, 3.8) is 0 Å². The summed E-state index contributed by atoms with van der Waals surface area (Å²) in [5.41, 5.74) is 1.04. The molecule has 5 rings (SSSR count). The standard InChI is InChI=1S/C25H27FN4O5/c26-20-2-1-3-21-19(20)4-5-24(31)30(21)11-10-29-8-6-17(7-9-29)28-25(32)35-16-18-14-22-23(15-27-18)34-13-12-33-22/h1-5,14-15,17H,6-13,16H2,(H,28,32). The number of carbonyl (C=O) groups is 1. The quantitative estimate of drug-likeness (QED) is 0.577. The Bertz CT molecular complexity index is 1270. The molecule has 2 aliphatic heterocycles. The zero-order valence-corrected chi connectivity index (χ0v) is 19.2. The number of hydrogen-bond acceptors (Lipinski definition) is 7. The first-order valence-corrected chi connectivity index (χ1v) is 11.7. The number of benzene rings is 1. The first kappa shape index (κ1) is 23.1. The van der Waals surface area contributed by atoms with Gasteiger partial charge in [-0.3, -0.25) is 9.78 Å². The van der Waals surface area contributed by atoms with Gasteiger partial charge in [-0.15, -0.1) is 0 Å². The number of amides is 1. The molecule has 0 bridgehead atoms. The molecule has 1 saturated heterocycles. The van der Waals surface area contributed by atoms with E-state index in [0.29, 0.717) is 54.4 Å². The van der Waals surface area contributed by atoms with Crippen molar-refractivity contribution in [3.05, 3.63) is 64.5 Å². The fourth-order valence-corrected chi connectivity index (χ4v) is 4.48. The number of ether oxygens (including phenoxy) is 3. The van der Waals surface area contributed by atoms with Crippen LogP contribution in [-0.4, -0.2) is 59.4 Å². The number of aromatic nitrogens is 2. The topological polar surface area (TPSA) is 94.9 Å². The van der Waals surface area contributed by atoms with Crippen molar-refractivity contribution < 1.29 is 23.4 Å². The first-order valence-electron chi connectivity index (χ1n) is 11.7. The molecular formula is C25H27FN4O5. The normalized spacial score (nSPS) is 16.3. The second-order valence-corrected chi connectivity index (χ2v) is 8.65. The molecule has 0 spiro atoms. The van der Waals surface area contributed by atoms with E-state index in [0.717, 1.165) is 25.9 Å². The molecule has 1 amide bonds. The van der Waals surface area contributed by atoms with Crippen LogP contribution in [0.2, 0.25) is 0 Å². The highest BCUT2D eigenvalue weighted by atomic mass is 19.1. The molecule has 0 saturated carbocycles. The van der Waals surface area contributed by atoms with Gasteiger partial charge in [-0.1, -0.05) is 6.07 Å². The monoisotopic (exact) mass is 482 g/mol. The Morgan fingerprint density at radius 1 is 1.11 bits per heavy atom. The van der Waals surface area contributed by atoms with Gasteiger partial charge in [0.05, 0.1) is 17.4 Å². The molecule has 0 radical (unpaired) electrons. The van der Waals surface area contributed by atoms with E-state index in [4.69, 9.17) is 14.2 Å². The summed E-state index contributed by atoms with van der Waals surface area (Å²) in [5, 5.41) is 3.36. The second kappa shape index (κ2) is 10.3. The third-order valence-electron chi connectivity index (χ3n) is 6.37. The highest BCUT2D eigenvalue weighted by Gasteiger charge is 2.22. The highest BCUT2D eigenvalue weighted by molar-refractivity contribution is 5.79. The maximum atomic E-state index is 14.1. The average molecular weight is 483 g/mol. The largest absolute Gasteiger partial charge is 0.486 e. The molecule has 0 atom stereocenters. The SMILES string of the molecule is O=C(NC1CCN(CCn2c(=O)ccc3c(F)cccc32)CC1)OCc1cc2c(cn1)OCCO2. The van der Waals surface area contributed by atoms with Crippen molar-refractivity contribution in [3.8, 4) is 11.5 Å². The predicted octanol–water partition coefficient (Wildman–Crippen LogP) is 2.70. The number of hydrogen-bond donors (Lipinski definition) is 1. The summed E-state index contributed by atoms with van der Waals surface area (Å²) >= 11 is 0. The maximum Gasteiger partial charge on any atom is 0.407 e. The van der Waals surface area contributed by atoms with Gasteiger partial charge in [-0.05, 0) is 31.0 Å². The minimum atomic E-state index is -0.482. The minimum Gasteiger partial charge on any atom is -0.486 e. The van der Waals surface area contributed by atoms with Crippen molar-refractivity contribution in [1.29, 1.82) is 0 Å². The molecule has 2 aliphatic rings. The van der Waals surface area contributed by atoms with Crippen molar-refractivity contribution >= 4 is 17.0 Å². The van der Waals surface area contributed by atoms with Crippen LogP contribution >= 0.6 is 0 Å². The third-order valence-corrected chi connectivity index (χ3v) is 6.37. The van der Waals surface area contributed by atoms with Gasteiger partial charge in [0.25, 0.3) is 5.56 Å². The lowest BCUT2D eigenvalue weighted by atomic mass is 10.1. The van der Waals surface area contributed by atoms with Gasteiger partial charge in [0, 0.05) is 49.7 Å². The molecule has 9 nitrogen and oxygen atoms in total. The number of nitrogens with zero attached hydrogens (tertiary/aromatic N) is 3. The molecule has 10 heteroatoms. The lowest BCUT2D eigenvalue weighted by Gasteiger charge is -2.32. The van der Waals surface area contributed by atoms with Crippen LogP contribution in [-0.2, 0) is 17.9 Å². The smallest absolute Gasteiger partial charge is 0.407 e. The van der Waals surface area contributed by atoms with Gasteiger partial charge in [-0.25, -0.2) is 9.18 Å². The Balaban J connectivity index is 1.08. The molecule has 1 aromatic carbocycles. The summed E-state index contributed by atoms with van der Waals surface area (Å²) in [6.45, 7) is 3.72. The number of carbonyl (C=O) groups excluding carboxylic acids is 1. The van der Waals surface area contributed by atoms with Crippen LogP contribution < -0.4 is 20.3 Å². The number of halogens is 1. The molecule has 0 unspecified atom stereocenters. The third kappa shape index (κ3) is 5.37. The van der Waals surface area contributed by atoms with E-state index < -0.39 is 6.09 Å². The van der Waals surface area contributed by atoms with Crippen molar-refractivity contribution in [1.82, 2.24) is 19.8 Å². The van der Waals surface area contributed by atoms with Gasteiger partial charge in [0.15, 0.2) is 11.5 Å². The molecule has 0 aliphatic carbocycles. The lowest BCUT2D eigenvalue weighted by molar-refractivity contribution is 0.124. The Labute approximate surface area is 201 Å². The van der Waals surface area contributed by atoms with Gasteiger partial charge in [0.1, 0.15) is 25.6 Å². The van der Waals surface area contributed by atoms with E-state index in [1.807, 2.05) is 0 Å². The number of pyridine rings is 2. The molecule has 35 heavy (non-hydrogen) atoms. The number of nitrogens with one attached hydrogen (secondary N) is 1. The summed E-state index contributed by atoms with van der Waals surface area (Å²) in [6, 6.07) is 9.46. The van der Waals surface area contributed by atoms with Gasteiger partial charge < -0.3 is 29.0 Å². The first-order chi connectivity index (χ1) is 17.1. The fourth-order valence-electron chi connectivity index (χ4n) is 4.48. The molecule has 3 aromatic rings. The summed E-state index contributed by atoms with van der Waals surface area (Å²) in [6.07, 6.45) is 2.64. The van der Waals surface area contributed by atoms with E-state index in [1.165, 1.54) is 18.2 Å². The summed E-state index contributed by atoms with van der Waals surface area (Å²) in [4.78, 5) is 31.1. The maximum absolute atomic E-state index is 14.1. The van der Waals surface area contributed by atoms with Crippen LogP contribution in [0.5, 0.6) is 11.5 Å². The van der Waals surface area contributed by atoms with E-state index in [1.54, 1.807) is 29.0 Å². The van der Waals surface area contributed by atoms with E-state index in [-0.39, 0.29) is 24.0 Å². The zero-order valence-electron chi connectivity index (χ0n) is 19.2. The van der Waals surface area contributed by atoms with Gasteiger partial charge in [0.2, 0.25) is 0 Å². The van der Waals surface area contributed by atoms with Gasteiger partial charge >= 0.3 is 6.09 Å². The zero-order chi connectivity index (χ0) is 24.2. The second-order valence-electron chi connectivity index (χ2n) is 8.65. The fraction of sp³-hybridized carbons (Fsp3) is 0.400. The van der Waals surface area contributed by atoms with Gasteiger partial charge in [-0.2, -0.15) is 0 Å². The van der Waals surface area contributed by atoms with Crippen LogP contribution in [0.25, 0.3) is 10.9 Å². The van der Waals surface area contributed by atoms with E-state index >= 15 is 0 Å². The Morgan fingerprint density at radius 2 is 1.91 bits per heavy atom. The number of likely N-dealkylation sites (tertiary alicyclic amines) is 1.